The quantitative estimate of drug-likeness (QED) is 0.918. The fourth-order valence-corrected chi connectivity index (χ4v) is 3.34. The summed E-state index contributed by atoms with van der Waals surface area (Å²) in [6, 6.07) is 7.84. The molecular weight excluding hydrogens is 288 g/mol. The second-order valence-electron chi connectivity index (χ2n) is 5.89. The molecule has 2 atom stereocenters. The Hall–Kier alpha value is -1.10. The van der Waals surface area contributed by atoms with Gasteiger partial charge < -0.3 is 10.0 Å². The Morgan fingerprint density at radius 2 is 2.05 bits per heavy atom. The molecule has 21 heavy (non-hydrogen) atoms. The van der Waals surface area contributed by atoms with Crippen molar-refractivity contribution in [3.8, 4) is 0 Å². The molecule has 2 aliphatic rings. The molecule has 0 bridgehead atoms. The van der Waals surface area contributed by atoms with Crippen LogP contribution in [0.1, 0.15) is 17.9 Å². The molecule has 1 amide bonds. The molecule has 0 aromatic heterocycles. The van der Waals surface area contributed by atoms with Crippen LogP contribution in [0.4, 0.5) is 0 Å². The van der Waals surface area contributed by atoms with Crippen LogP contribution in [0.3, 0.4) is 0 Å². The van der Waals surface area contributed by atoms with Crippen molar-refractivity contribution in [2.24, 2.45) is 5.92 Å². The molecule has 2 fully saturated rings. The van der Waals surface area contributed by atoms with Crippen LogP contribution < -0.4 is 0 Å². The number of aliphatic hydroxyl groups is 1. The fourth-order valence-electron chi connectivity index (χ4n) is 3.14. The van der Waals surface area contributed by atoms with Crippen LogP contribution in [0, 0.1) is 5.92 Å². The maximum atomic E-state index is 12.5. The molecule has 0 radical (unpaired) electrons. The summed E-state index contributed by atoms with van der Waals surface area (Å²) in [6.45, 7) is 4.17. The van der Waals surface area contributed by atoms with E-state index >= 15 is 0 Å². The Morgan fingerprint density at radius 3 is 2.71 bits per heavy atom. The van der Waals surface area contributed by atoms with E-state index in [9.17, 15) is 4.79 Å². The van der Waals surface area contributed by atoms with Crippen LogP contribution in [-0.2, 0) is 4.79 Å². The Balaban J connectivity index is 1.54. The van der Waals surface area contributed by atoms with Gasteiger partial charge in [0, 0.05) is 43.7 Å². The first-order valence-electron chi connectivity index (χ1n) is 7.56. The second kappa shape index (κ2) is 6.34. The summed E-state index contributed by atoms with van der Waals surface area (Å²) in [4.78, 5) is 16.7. The molecule has 1 aliphatic carbocycles. The van der Waals surface area contributed by atoms with E-state index in [1.165, 1.54) is 5.56 Å². The number of amides is 1. The fraction of sp³-hybridized carbons (Fsp3) is 0.562. The normalized spacial score (nSPS) is 25.9. The van der Waals surface area contributed by atoms with Crippen LogP contribution in [0.2, 0.25) is 5.02 Å². The molecule has 1 saturated heterocycles. The third-order valence-electron chi connectivity index (χ3n) is 4.48. The SMILES string of the molecule is O=C(C1CC1c1cccc(Cl)c1)N1CCN(CCO)CC1. The zero-order valence-electron chi connectivity index (χ0n) is 12.0. The highest BCUT2D eigenvalue weighted by molar-refractivity contribution is 6.30. The van der Waals surface area contributed by atoms with Crippen molar-refractivity contribution in [2.75, 3.05) is 39.3 Å². The molecule has 2 unspecified atom stereocenters. The average molecular weight is 309 g/mol. The van der Waals surface area contributed by atoms with Gasteiger partial charge in [-0.3, -0.25) is 9.69 Å². The van der Waals surface area contributed by atoms with Crippen molar-refractivity contribution in [2.45, 2.75) is 12.3 Å². The summed E-state index contributed by atoms with van der Waals surface area (Å²) in [5, 5.41) is 9.68. The molecule has 1 heterocycles. The van der Waals surface area contributed by atoms with Gasteiger partial charge in [-0.05, 0) is 30.0 Å². The van der Waals surface area contributed by atoms with Gasteiger partial charge in [-0.15, -0.1) is 0 Å². The first-order chi connectivity index (χ1) is 10.2. The van der Waals surface area contributed by atoms with E-state index in [4.69, 9.17) is 16.7 Å². The lowest BCUT2D eigenvalue weighted by Crippen LogP contribution is -2.49. The van der Waals surface area contributed by atoms with Crippen LogP contribution in [0.25, 0.3) is 0 Å². The number of β-amino-alcohol motifs (C(OH)–C–C–N with tert-alkyl or cyclic N) is 1. The van der Waals surface area contributed by atoms with Gasteiger partial charge in [-0.1, -0.05) is 23.7 Å². The van der Waals surface area contributed by atoms with E-state index in [-0.39, 0.29) is 18.4 Å². The molecular formula is C16H21ClN2O2. The number of halogens is 1. The average Bonchev–Trinajstić information content (AvgIpc) is 3.28. The molecule has 1 N–H and O–H groups in total. The second-order valence-corrected chi connectivity index (χ2v) is 6.33. The minimum Gasteiger partial charge on any atom is -0.395 e. The lowest BCUT2D eigenvalue weighted by Gasteiger charge is -2.34. The summed E-state index contributed by atoms with van der Waals surface area (Å²) < 4.78 is 0. The monoisotopic (exact) mass is 308 g/mol. The van der Waals surface area contributed by atoms with E-state index in [2.05, 4.69) is 11.0 Å². The molecule has 0 spiro atoms. The number of rotatable bonds is 4. The van der Waals surface area contributed by atoms with E-state index in [0.717, 1.165) is 37.6 Å². The molecule has 5 heteroatoms. The van der Waals surface area contributed by atoms with Crippen LogP contribution in [0.15, 0.2) is 24.3 Å². The van der Waals surface area contributed by atoms with Crippen molar-refractivity contribution in [3.63, 3.8) is 0 Å². The van der Waals surface area contributed by atoms with Gasteiger partial charge in [0.1, 0.15) is 0 Å². The molecule has 4 nitrogen and oxygen atoms in total. The Labute approximate surface area is 130 Å². The van der Waals surface area contributed by atoms with Crippen LogP contribution in [0.5, 0.6) is 0 Å². The Kier molecular flexibility index (Phi) is 4.48. The number of nitrogens with zero attached hydrogens (tertiary/aromatic N) is 2. The summed E-state index contributed by atoms with van der Waals surface area (Å²) >= 11 is 6.02. The van der Waals surface area contributed by atoms with Gasteiger partial charge in [0.2, 0.25) is 5.91 Å². The van der Waals surface area contributed by atoms with E-state index in [1.807, 2.05) is 23.1 Å². The van der Waals surface area contributed by atoms with Crippen molar-refractivity contribution < 1.29 is 9.90 Å². The highest BCUT2D eigenvalue weighted by Crippen LogP contribution is 2.48. The van der Waals surface area contributed by atoms with Gasteiger partial charge >= 0.3 is 0 Å². The third-order valence-corrected chi connectivity index (χ3v) is 4.72. The van der Waals surface area contributed by atoms with Crippen LogP contribution in [-0.4, -0.2) is 60.1 Å². The first kappa shape index (κ1) is 14.8. The Morgan fingerprint density at radius 1 is 1.29 bits per heavy atom. The van der Waals surface area contributed by atoms with Gasteiger partial charge in [0.15, 0.2) is 0 Å². The third kappa shape index (κ3) is 3.39. The highest BCUT2D eigenvalue weighted by atomic mass is 35.5. The summed E-state index contributed by atoms with van der Waals surface area (Å²) in [7, 11) is 0. The number of piperazine rings is 1. The predicted molar refractivity (Wildman–Crippen MR) is 82.4 cm³/mol. The number of hydrogen-bond acceptors (Lipinski definition) is 3. The van der Waals surface area contributed by atoms with Crippen molar-refractivity contribution in [1.82, 2.24) is 9.80 Å². The number of carbonyl (C=O) groups excluding carboxylic acids is 1. The molecule has 3 rings (SSSR count). The van der Waals surface area contributed by atoms with E-state index < -0.39 is 0 Å². The molecule has 1 aromatic rings. The standard InChI is InChI=1S/C16H21ClN2O2/c17-13-3-1-2-12(10-13)14-11-15(14)16(21)19-6-4-18(5-7-19)8-9-20/h1-3,10,14-15,20H,4-9,11H2. The number of hydrogen-bond donors (Lipinski definition) is 1. The lowest BCUT2D eigenvalue weighted by atomic mass is 10.1. The van der Waals surface area contributed by atoms with Gasteiger partial charge in [-0.2, -0.15) is 0 Å². The zero-order valence-corrected chi connectivity index (χ0v) is 12.8. The van der Waals surface area contributed by atoms with E-state index in [0.29, 0.717) is 12.5 Å². The van der Waals surface area contributed by atoms with Gasteiger partial charge in [0.05, 0.1) is 6.61 Å². The number of benzene rings is 1. The maximum Gasteiger partial charge on any atom is 0.226 e. The molecule has 1 saturated carbocycles. The summed E-state index contributed by atoms with van der Waals surface area (Å²) in [5.74, 6) is 0.753. The summed E-state index contributed by atoms with van der Waals surface area (Å²) in [5.41, 5.74) is 1.18. The molecule has 1 aliphatic heterocycles. The highest BCUT2D eigenvalue weighted by Gasteiger charge is 2.46. The smallest absolute Gasteiger partial charge is 0.226 e. The zero-order chi connectivity index (χ0) is 14.8. The number of aliphatic hydroxyl groups excluding tert-OH is 1. The topological polar surface area (TPSA) is 43.8 Å². The van der Waals surface area contributed by atoms with Gasteiger partial charge in [-0.25, -0.2) is 0 Å². The first-order valence-corrected chi connectivity index (χ1v) is 7.94. The largest absolute Gasteiger partial charge is 0.395 e. The molecule has 1 aromatic carbocycles. The van der Waals surface area contributed by atoms with Crippen molar-refractivity contribution >= 4 is 17.5 Å². The number of carbonyl (C=O) groups is 1. The lowest BCUT2D eigenvalue weighted by molar-refractivity contribution is -0.134. The molecule has 114 valence electrons. The predicted octanol–water partition coefficient (Wildman–Crippen LogP) is 1.58. The minimum atomic E-state index is 0.132. The van der Waals surface area contributed by atoms with Crippen molar-refractivity contribution in [3.05, 3.63) is 34.9 Å². The minimum absolute atomic E-state index is 0.132. The Bertz CT molecular complexity index is 515. The summed E-state index contributed by atoms with van der Waals surface area (Å²) in [6.07, 6.45) is 0.941. The van der Waals surface area contributed by atoms with Gasteiger partial charge in [0.25, 0.3) is 0 Å². The van der Waals surface area contributed by atoms with E-state index in [1.54, 1.807) is 0 Å². The van der Waals surface area contributed by atoms with Crippen molar-refractivity contribution in [1.29, 1.82) is 0 Å². The van der Waals surface area contributed by atoms with Crippen LogP contribution >= 0.6 is 11.6 Å². The maximum absolute atomic E-state index is 12.5.